The normalized spacial score (nSPS) is 25.1. The molecule has 0 aliphatic heterocycles. The minimum Gasteiger partial charge on any atom is -0.0736 e. The monoisotopic (exact) mass is 198 g/mol. The van der Waals surface area contributed by atoms with Crippen molar-refractivity contribution < 1.29 is 0 Å². The van der Waals surface area contributed by atoms with Gasteiger partial charge < -0.3 is 0 Å². The highest BCUT2D eigenvalue weighted by Gasteiger charge is 2.28. The van der Waals surface area contributed by atoms with E-state index >= 15 is 0 Å². The van der Waals surface area contributed by atoms with Crippen molar-refractivity contribution in [3.63, 3.8) is 0 Å². The van der Waals surface area contributed by atoms with E-state index in [1.807, 2.05) is 0 Å². The lowest BCUT2D eigenvalue weighted by atomic mass is 9.71. The van der Waals surface area contributed by atoms with Crippen LogP contribution in [0.1, 0.15) is 32.3 Å². The van der Waals surface area contributed by atoms with Crippen LogP contribution in [0.4, 0.5) is 0 Å². The van der Waals surface area contributed by atoms with E-state index in [-0.39, 0.29) is 5.41 Å². The molecule has 0 nitrogen and oxygen atoms in total. The molecule has 0 fully saturated rings. The van der Waals surface area contributed by atoms with E-state index in [1.165, 1.54) is 17.6 Å². The Labute approximate surface area is 92.3 Å². The fraction of sp³-hybridized carbons (Fsp3) is 0.333. The second-order valence-corrected chi connectivity index (χ2v) is 4.42. The van der Waals surface area contributed by atoms with E-state index in [9.17, 15) is 0 Å². The van der Waals surface area contributed by atoms with E-state index in [2.05, 4.69) is 62.4 Å². The third-order valence-electron chi connectivity index (χ3n) is 3.37. The summed E-state index contributed by atoms with van der Waals surface area (Å²) in [7, 11) is 0. The Bertz CT molecular complexity index is 384. The molecular weight excluding hydrogens is 180 g/mol. The van der Waals surface area contributed by atoms with Crippen LogP contribution < -0.4 is 0 Å². The van der Waals surface area contributed by atoms with E-state index in [4.69, 9.17) is 0 Å². The maximum atomic E-state index is 2.36. The highest BCUT2D eigenvalue weighted by molar-refractivity contribution is 5.37. The van der Waals surface area contributed by atoms with Gasteiger partial charge in [-0.2, -0.15) is 0 Å². The van der Waals surface area contributed by atoms with Crippen molar-refractivity contribution in [1.29, 1.82) is 0 Å². The number of rotatable bonds is 2. The molecule has 0 bridgehead atoms. The predicted octanol–water partition coefficient (Wildman–Crippen LogP) is 4.24. The standard InChI is InChI=1S/C15H18/c1-3-15(11-7-8-13(2)12-15)14-9-5-4-6-10-14/h4-11H,3,12H2,1-2H3. The SMILES string of the molecule is CCC1(c2ccccc2)C=CC=C(C)C1. The highest BCUT2D eigenvalue weighted by atomic mass is 14.3. The van der Waals surface area contributed by atoms with Crippen LogP contribution >= 0.6 is 0 Å². The highest BCUT2D eigenvalue weighted by Crippen LogP contribution is 2.38. The summed E-state index contributed by atoms with van der Waals surface area (Å²) in [6, 6.07) is 10.8. The molecule has 0 spiro atoms. The zero-order valence-electron chi connectivity index (χ0n) is 9.53. The number of benzene rings is 1. The van der Waals surface area contributed by atoms with Crippen LogP contribution in [0, 0.1) is 0 Å². The van der Waals surface area contributed by atoms with Crippen molar-refractivity contribution >= 4 is 0 Å². The third kappa shape index (κ3) is 1.90. The first-order valence-corrected chi connectivity index (χ1v) is 5.67. The van der Waals surface area contributed by atoms with Crippen molar-refractivity contribution in [2.24, 2.45) is 0 Å². The molecule has 2 rings (SSSR count). The van der Waals surface area contributed by atoms with Crippen LogP contribution in [0.2, 0.25) is 0 Å². The molecule has 78 valence electrons. The second kappa shape index (κ2) is 4.06. The summed E-state index contributed by atoms with van der Waals surface area (Å²) in [5.74, 6) is 0. The first-order chi connectivity index (χ1) is 7.27. The Balaban J connectivity index is 2.40. The fourth-order valence-corrected chi connectivity index (χ4v) is 2.43. The van der Waals surface area contributed by atoms with Gasteiger partial charge in [-0.15, -0.1) is 0 Å². The summed E-state index contributed by atoms with van der Waals surface area (Å²) in [6.45, 7) is 4.49. The van der Waals surface area contributed by atoms with Crippen molar-refractivity contribution in [3.05, 3.63) is 59.7 Å². The average Bonchev–Trinajstić information content (AvgIpc) is 2.30. The van der Waals surface area contributed by atoms with Gasteiger partial charge in [0.1, 0.15) is 0 Å². The summed E-state index contributed by atoms with van der Waals surface area (Å²) < 4.78 is 0. The summed E-state index contributed by atoms with van der Waals surface area (Å²) in [5, 5.41) is 0. The first-order valence-electron chi connectivity index (χ1n) is 5.67. The van der Waals surface area contributed by atoms with Crippen LogP contribution in [0.25, 0.3) is 0 Å². The van der Waals surface area contributed by atoms with Gasteiger partial charge in [0, 0.05) is 5.41 Å². The van der Waals surface area contributed by atoms with Crippen molar-refractivity contribution in [1.82, 2.24) is 0 Å². The Kier molecular flexibility index (Phi) is 2.77. The lowest BCUT2D eigenvalue weighted by Crippen LogP contribution is -2.24. The molecule has 0 heteroatoms. The van der Waals surface area contributed by atoms with Crippen LogP contribution in [0.3, 0.4) is 0 Å². The van der Waals surface area contributed by atoms with Crippen LogP contribution in [0.15, 0.2) is 54.1 Å². The fourth-order valence-electron chi connectivity index (χ4n) is 2.43. The quantitative estimate of drug-likeness (QED) is 0.666. The van der Waals surface area contributed by atoms with Gasteiger partial charge in [-0.25, -0.2) is 0 Å². The Morgan fingerprint density at radius 1 is 1.20 bits per heavy atom. The zero-order chi connectivity index (χ0) is 10.7. The Hall–Kier alpha value is -1.30. The molecule has 0 amide bonds. The molecule has 1 aromatic rings. The minimum absolute atomic E-state index is 0.236. The molecule has 0 aromatic heterocycles. The molecule has 1 aliphatic carbocycles. The maximum absolute atomic E-state index is 2.36. The van der Waals surface area contributed by atoms with E-state index < -0.39 is 0 Å². The van der Waals surface area contributed by atoms with Crippen LogP contribution in [-0.4, -0.2) is 0 Å². The Morgan fingerprint density at radius 2 is 1.93 bits per heavy atom. The smallest absolute Gasteiger partial charge is 0.0169 e. The molecule has 1 aliphatic rings. The molecule has 0 N–H and O–H groups in total. The van der Waals surface area contributed by atoms with Gasteiger partial charge in [-0.05, 0) is 25.3 Å². The number of allylic oxidation sites excluding steroid dienone is 4. The molecule has 0 radical (unpaired) electrons. The number of hydrogen-bond donors (Lipinski definition) is 0. The molecule has 1 aromatic carbocycles. The zero-order valence-corrected chi connectivity index (χ0v) is 9.53. The summed E-state index contributed by atoms with van der Waals surface area (Å²) in [4.78, 5) is 0. The van der Waals surface area contributed by atoms with E-state index in [1.54, 1.807) is 0 Å². The van der Waals surface area contributed by atoms with Crippen molar-refractivity contribution in [2.75, 3.05) is 0 Å². The van der Waals surface area contributed by atoms with Gasteiger partial charge in [0.2, 0.25) is 0 Å². The van der Waals surface area contributed by atoms with E-state index in [0.29, 0.717) is 0 Å². The molecule has 0 saturated heterocycles. The minimum atomic E-state index is 0.236. The second-order valence-electron chi connectivity index (χ2n) is 4.42. The summed E-state index contributed by atoms with van der Waals surface area (Å²) in [6.07, 6.45) is 9.10. The van der Waals surface area contributed by atoms with Gasteiger partial charge in [-0.3, -0.25) is 0 Å². The molecule has 1 atom stereocenters. The maximum Gasteiger partial charge on any atom is 0.0169 e. The van der Waals surface area contributed by atoms with Gasteiger partial charge in [0.05, 0.1) is 0 Å². The van der Waals surface area contributed by atoms with Crippen LogP contribution in [-0.2, 0) is 5.41 Å². The van der Waals surface area contributed by atoms with Gasteiger partial charge in [0.25, 0.3) is 0 Å². The molecule has 0 heterocycles. The average molecular weight is 198 g/mol. The summed E-state index contributed by atoms with van der Waals surface area (Å²) in [5.41, 5.74) is 3.15. The topological polar surface area (TPSA) is 0 Å². The summed E-state index contributed by atoms with van der Waals surface area (Å²) >= 11 is 0. The lowest BCUT2D eigenvalue weighted by Gasteiger charge is -2.32. The molecule has 0 saturated carbocycles. The molecular formula is C15H18. The number of hydrogen-bond acceptors (Lipinski definition) is 0. The molecule has 1 unspecified atom stereocenters. The van der Waals surface area contributed by atoms with E-state index in [0.717, 1.165) is 6.42 Å². The predicted molar refractivity (Wildman–Crippen MR) is 65.9 cm³/mol. The van der Waals surface area contributed by atoms with Gasteiger partial charge in [0.15, 0.2) is 0 Å². The van der Waals surface area contributed by atoms with Crippen molar-refractivity contribution in [3.8, 4) is 0 Å². The largest absolute Gasteiger partial charge is 0.0736 e. The van der Waals surface area contributed by atoms with Gasteiger partial charge in [-0.1, -0.05) is 61.1 Å². The van der Waals surface area contributed by atoms with Crippen LogP contribution in [0.5, 0.6) is 0 Å². The molecule has 15 heavy (non-hydrogen) atoms. The lowest BCUT2D eigenvalue weighted by molar-refractivity contribution is 0.504. The first kappa shape index (κ1) is 10.2. The van der Waals surface area contributed by atoms with Crippen molar-refractivity contribution in [2.45, 2.75) is 32.1 Å². The van der Waals surface area contributed by atoms with Gasteiger partial charge >= 0.3 is 0 Å². The third-order valence-corrected chi connectivity index (χ3v) is 3.37. The Morgan fingerprint density at radius 3 is 2.53 bits per heavy atom.